The van der Waals surface area contributed by atoms with Crippen molar-refractivity contribution in [2.45, 2.75) is 31.8 Å². The Hall–Kier alpha value is -2.78. The molecule has 0 unspecified atom stereocenters. The summed E-state index contributed by atoms with van der Waals surface area (Å²) in [7, 11) is -3.91. The molecule has 0 fully saturated rings. The van der Waals surface area contributed by atoms with Crippen molar-refractivity contribution in [2.75, 3.05) is 11.9 Å². The van der Waals surface area contributed by atoms with Gasteiger partial charge in [0.15, 0.2) is 6.10 Å². The molecular formula is C19H21FN2O5S. The quantitative estimate of drug-likeness (QED) is 0.685. The highest BCUT2D eigenvalue weighted by Gasteiger charge is 2.22. The topological polar surface area (TPSA) is 102 Å². The summed E-state index contributed by atoms with van der Waals surface area (Å²) >= 11 is 0. The number of carbonyl (C=O) groups is 2. The fourth-order valence-corrected chi connectivity index (χ4v) is 3.63. The van der Waals surface area contributed by atoms with E-state index < -0.39 is 40.4 Å². The van der Waals surface area contributed by atoms with Gasteiger partial charge in [-0.05, 0) is 56.2 Å². The molecule has 150 valence electrons. The number of carbonyl (C=O) groups excluding carboxylic acids is 2. The molecule has 2 aromatic carbocycles. The molecule has 9 heteroatoms. The van der Waals surface area contributed by atoms with E-state index >= 15 is 0 Å². The number of amides is 1. The number of sulfonamides is 1. The Morgan fingerprint density at radius 2 is 1.86 bits per heavy atom. The zero-order chi connectivity index (χ0) is 20.9. The Bertz CT molecular complexity index is 992. The molecule has 0 aliphatic heterocycles. The van der Waals surface area contributed by atoms with Gasteiger partial charge in [-0.25, -0.2) is 12.8 Å². The van der Waals surface area contributed by atoms with Gasteiger partial charge in [-0.15, -0.1) is 0 Å². The molecule has 7 nitrogen and oxygen atoms in total. The fraction of sp³-hybridized carbons (Fsp3) is 0.263. The van der Waals surface area contributed by atoms with Crippen LogP contribution in [0.3, 0.4) is 0 Å². The monoisotopic (exact) mass is 408 g/mol. The Kier molecular flexibility index (Phi) is 6.87. The smallest absolute Gasteiger partial charge is 0.321 e. The second kappa shape index (κ2) is 8.94. The van der Waals surface area contributed by atoms with Crippen LogP contribution in [0, 0.1) is 19.7 Å². The first-order valence-electron chi connectivity index (χ1n) is 8.41. The molecule has 0 aliphatic rings. The number of esters is 1. The van der Waals surface area contributed by atoms with E-state index in [-0.39, 0.29) is 10.6 Å². The van der Waals surface area contributed by atoms with Gasteiger partial charge in [-0.1, -0.05) is 18.2 Å². The van der Waals surface area contributed by atoms with Crippen LogP contribution in [0.5, 0.6) is 0 Å². The molecule has 0 aliphatic carbocycles. The Labute approximate surface area is 163 Å². The lowest BCUT2D eigenvalue weighted by Crippen LogP contribution is -2.36. The third-order valence-corrected chi connectivity index (χ3v) is 5.35. The van der Waals surface area contributed by atoms with Crippen molar-refractivity contribution < 1.29 is 27.1 Å². The zero-order valence-corrected chi connectivity index (χ0v) is 16.5. The van der Waals surface area contributed by atoms with E-state index in [2.05, 4.69) is 10.0 Å². The number of hydrogen-bond donors (Lipinski definition) is 2. The molecule has 0 saturated heterocycles. The summed E-state index contributed by atoms with van der Waals surface area (Å²) in [5, 5.41) is 2.40. The molecule has 0 radical (unpaired) electrons. The molecule has 2 aromatic rings. The van der Waals surface area contributed by atoms with E-state index in [4.69, 9.17) is 4.74 Å². The number of nitrogens with one attached hydrogen (secondary N) is 2. The first-order valence-corrected chi connectivity index (χ1v) is 9.89. The number of aryl methyl sites for hydroxylation is 2. The predicted octanol–water partition coefficient (Wildman–Crippen LogP) is 2.29. The summed E-state index contributed by atoms with van der Waals surface area (Å²) in [6.45, 7) is 4.09. The largest absolute Gasteiger partial charge is 0.452 e. The van der Waals surface area contributed by atoms with Crippen LogP contribution >= 0.6 is 0 Å². The summed E-state index contributed by atoms with van der Waals surface area (Å²) in [5.74, 6) is -2.12. The predicted molar refractivity (Wildman–Crippen MR) is 102 cm³/mol. The first-order chi connectivity index (χ1) is 13.1. The van der Waals surface area contributed by atoms with Crippen LogP contribution in [-0.4, -0.2) is 32.9 Å². The third-order valence-electron chi connectivity index (χ3n) is 3.81. The van der Waals surface area contributed by atoms with Gasteiger partial charge in [0.1, 0.15) is 12.4 Å². The maximum atomic E-state index is 13.1. The molecule has 28 heavy (non-hydrogen) atoms. The van der Waals surface area contributed by atoms with Crippen molar-refractivity contribution in [1.82, 2.24) is 4.72 Å². The minimum atomic E-state index is -3.91. The summed E-state index contributed by atoms with van der Waals surface area (Å²) in [5.41, 5.74) is 1.51. The highest BCUT2D eigenvalue weighted by atomic mass is 32.2. The van der Waals surface area contributed by atoms with E-state index in [9.17, 15) is 22.4 Å². The molecule has 1 atom stereocenters. The van der Waals surface area contributed by atoms with Gasteiger partial charge in [-0.3, -0.25) is 9.59 Å². The van der Waals surface area contributed by atoms with Crippen molar-refractivity contribution >= 4 is 27.6 Å². The number of ether oxygens (including phenoxy) is 1. The lowest BCUT2D eigenvalue weighted by atomic mass is 10.2. The van der Waals surface area contributed by atoms with E-state index in [0.717, 1.165) is 11.6 Å². The van der Waals surface area contributed by atoms with Crippen LogP contribution in [0.4, 0.5) is 10.1 Å². The second-order valence-corrected chi connectivity index (χ2v) is 7.96. The van der Waals surface area contributed by atoms with Crippen LogP contribution in [0.15, 0.2) is 47.4 Å². The zero-order valence-electron chi connectivity index (χ0n) is 15.7. The molecule has 0 heterocycles. The standard InChI is InChI=1S/C19H21FN2O5S/c1-12-7-8-13(2)17(9-12)28(25,26)21-11-18(23)27-14(3)19(24)22-16-6-4-5-15(20)10-16/h4-10,14,21H,11H2,1-3H3,(H,22,24)/t14-/m1/s1. The minimum absolute atomic E-state index is 0.0668. The number of anilines is 1. The first kappa shape index (κ1) is 21.5. The van der Waals surface area contributed by atoms with Gasteiger partial charge in [0.25, 0.3) is 5.91 Å². The lowest BCUT2D eigenvalue weighted by Gasteiger charge is -2.14. The van der Waals surface area contributed by atoms with E-state index in [1.165, 1.54) is 31.2 Å². The highest BCUT2D eigenvalue weighted by Crippen LogP contribution is 2.16. The number of halogens is 1. The lowest BCUT2D eigenvalue weighted by molar-refractivity contribution is -0.151. The molecule has 0 saturated carbocycles. The Morgan fingerprint density at radius 3 is 2.54 bits per heavy atom. The van der Waals surface area contributed by atoms with Gasteiger partial charge < -0.3 is 10.1 Å². The van der Waals surface area contributed by atoms with Crippen molar-refractivity contribution in [1.29, 1.82) is 0 Å². The molecule has 0 aromatic heterocycles. The van der Waals surface area contributed by atoms with Gasteiger partial charge in [0.2, 0.25) is 10.0 Å². The van der Waals surface area contributed by atoms with Crippen LogP contribution in [-0.2, 0) is 24.3 Å². The molecule has 0 bridgehead atoms. The average Bonchev–Trinajstić information content (AvgIpc) is 2.62. The molecule has 2 N–H and O–H groups in total. The van der Waals surface area contributed by atoms with Crippen LogP contribution in [0.1, 0.15) is 18.1 Å². The Morgan fingerprint density at radius 1 is 1.14 bits per heavy atom. The van der Waals surface area contributed by atoms with Crippen molar-refractivity contribution in [3.05, 3.63) is 59.4 Å². The average molecular weight is 408 g/mol. The van der Waals surface area contributed by atoms with Crippen LogP contribution < -0.4 is 10.0 Å². The maximum Gasteiger partial charge on any atom is 0.321 e. The third kappa shape index (κ3) is 5.86. The SMILES string of the molecule is Cc1ccc(C)c(S(=O)(=O)NCC(=O)O[C@H](C)C(=O)Nc2cccc(F)c2)c1. The van der Waals surface area contributed by atoms with Gasteiger partial charge in [0.05, 0.1) is 4.90 Å². The molecule has 2 rings (SSSR count). The number of benzene rings is 2. The Balaban J connectivity index is 1.92. The van der Waals surface area contributed by atoms with E-state index in [0.29, 0.717) is 5.56 Å². The fourth-order valence-electron chi connectivity index (χ4n) is 2.33. The summed E-state index contributed by atoms with van der Waals surface area (Å²) in [4.78, 5) is 24.0. The van der Waals surface area contributed by atoms with E-state index in [1.54, 1.807) is 26.0 Å². The van der Waals surface area contributed by atoms with Crippen LogP contribution in [0.25, 0.3) is 0 Å². The highest BCUT2D eigenvalue weighted by molar-refractivity contribution is 7.89. The van der Waals surface area contributed by atoms with Crippen LogP contribution in [0.2, 0.25) is 0 Å². The molecule has 1 amide bonds. The summed E-state index contributed by atoms with van der Waals surface area (Å²) in [6, 6.07) is 10.2. The summed E-state index contributed by atoms with van der Waals surface area (Å²) < 4.78 is 45.0. The molecular weight excluding hydrogens is 387 g/mol. The second-order valence-electron chi connectivity index (χ2n) is 6.23. The van der Waals surface area contributed by atoms with Crippen molar-refractivity contribution in [2.24, 2.45) is 0 Å². The maximum absolute atomic E-state index is 13.1. The number of rotatable bonds is 7. The van der Waals surface area contributed by atoms with Crippen molar-refractivity contribution in [3.63, 3.8) is 0 Å². The molecule has 0 spiro atoms. The van der Waals surface area contributed by atoms with Gasteiger partial charge >= 0.3 is 5.97 Å². The normalized spacial score (nSPS) is 12.3. The minimum Gasteiger partial charge on any atom is -0.452 e. The van der Waals surface area contributed by atoms with Gasteiger partial charge in [0, 0.05) is 5.69 Å². The van der Waals surface area contributed by atoms with Crippen molar-refractivity contribution in [3.8, 4) is 0 Å². The number of hydrogen-bond acceptors (Lipinski definition) is 5. The van der Waals surface area contributed by atoms with E-state index in [1.807, 2.05) is 0 Å². The summed E-state index contributed by atoms with van der Waals surface area (Å²) in [6.07, 6.45) is -1.19. The van der Waals surface area contributed by atoms with Gasteiger partial charge in [-0.2, -0.15) is 4.72 Å².